The largest absolute Gasteiger partial charge is 0.370 e. The molecule has 100 valence electrons. The normalized spacial score (nSPS) is 9.89. The molecule has 0 aliphatic heterocycles. The van der Waals surface area contributed by atoms with E-state index in [1.54, 1.807) is 6.07 Å². The Morgan fingerprint density at radius 2 is 1.78 bits per heavy atom. The predicted molar refractivity (Wildman–Crippen MR) is 72.6 cm³/mol. The molecule has 3 N–H and O–H groups in total. The molecule has 0 fully saturated rings. The number of hydrogen-bond acceptors (Lipinski definition) is 5. The van der Waals surface area contributed by atoms with Gasteiger partial charge in [0.05, 0.1) is 6.54 Å². The molecule has 0 aliphatic carbocycles. The molecule has 0 aliphatic rings. The number of rotatable bonds is 8. The van der Waals surface area contributed by atoms with Gasteiger partial charge in [0.25, 0.3) is 0 Å². The summed E-state index contributed by atoms with van der Waals surface area (Å²) in [5, 5.41) is 8.92. The molecule has 0 atom stereocenters. The second kappa shape index (κ2) is 8.27. The predicted octanol–water partition coefficient (Wildman–Crippen LogP) is 1.24. The molecule has 6 nitrogen and oxygen atoms in total. The van der Waals surface area contributed by atoms with E-state index < -0.39 is 0 Å². The lowest BCUT2D eigenvalue weighted by molar-refractivity contribution is -0.119. The highest BCUT2D eigenvalue weighted by Crippen LogP contribution is 2.07. The quantitative estimate of drug-likeness (QED) is 0.648. The Morgan fingerprint density at radius 1 is 1.11 bits per heavy atom. The lowest BCUT2D eigenvalue weighted by atomic mass is 10.4. The van der Waals surface area contributed by atoms with Crippen LogP contribution in [0, 0.1) is 0 Å². The molecule has 0 radical (unpaired) electrons. The molecular formula is C12H21N5O. The van der Waals surface area contributed by atoms with E-state index in [2.05, 4.69) is 32.8 Å². The second-order valence-electron chi connectivity index (χ2n) is 3.92. The number of nitrogens with zero attached hydrogens (tertiary/aromatic N) is 2. The fraction of sp³-hybridized carbons (Fsp3) is 0.583. The summed E-state index contributed by atoms with van der Waals surface area (Å²) in [7, 11) is 0. The lowest BCUT2D eigenvalue weighted by Gasteiger charge is -2.08. The monoisotopic (exact) mass is 251 g/mol. The Bertz CT molecular complexity index is 369. The summed E-state index contributed by atoms with van der Waals surface area (Å²) in [6, 6.07) is 1.79. The minimum atomic E-state index is -0.0291. The Balaban J connectivity index is 2.39. The third-order valence-electron chi connectivity index (χ3n) is 2.23. The molecule has 0 aromatic carbocycles. The Hall–Kier alpha value is -1.85. The first kappa shape index (κ1) is 14.2. The van der Waals surface area contributed by atoms with Gasteiger partial charge < -0.3 is 16.0 Å². The zero-order valence-corrected chi connectivity index (χ0v) is 11.0. The maximum absolute atomic E-state index is 11.4. The van der Waals surface area contributed by atoms with Crippen LogP contribution < -0.4 is 16.0 Å². The summed E-state index contributed by atoms with van der Waals surface area (Å²) in [4.78, 5) is 19.5. The van der Waals surface area contributed by atoms with Crippen LogP contribution in [-0.4, -0.2) is 35.5 Å². The third kappa shape index (κ3) is 5.47. The number of carbonyl (C=O) groups excluding carboxylic acids is 1. The lowest BCUT2D eigenvalue weighted by Crippen LogP contribution is -2.30. The second-order valence-corrected chi connectivity index (χ2v) is 3.92. The Morgan fingerprint density at radius 3 is 2.44 bits per heavy atom. The highest BCUT2D eigenvalue weighted by molar-refractivity contribution is 5.80. The van der Waals surface area contributed by atoms with Crippen LogP contribution in [0.1, 0.15) is 26.7 Å². The van der Waals surface area contributed by atoms with Crippen molar-refractivity contribution in [2.24, 2.45) is 0 Å². The topological polar surface area (TPSA) is 78.9 Å². The molecule has 1 heterocycles. The van der Waals surface area contributed by atoms with E-state index in [9.17, 15) is 4.79 Å². The van der Waals surface area contributed by atoms with Crippen molar-refractivity contribution in [2.75, 3.05) is 30.3 Å². The molecule has 0 saturated heterocycles. The first-order valence-electron chi connectivity index (χ1n) is 6.32. The molecule has 1 amide bonds. The van der Waals surface area contributed by atoms with E-state index in [1.807, 2.05) is 6.92 Å². The summed E-state index contributed by atoms with van der Waals surface area (Å²) in [6.07, 6.45) is 3.45. The van der Waals surface area contributed by atoms with Gasteiger partial charge in [0.2, 0.25) is 5.91 Å². The molecule has 0 spiro atoms. The van der Waals surface area contributed by atoms with Crippen molar-refractivity contribution in [3.8, 4) is 0 Å². The molecule has 18 heavy (non-hydrogen) atoms. The van der Waals surface area contributed by atoms with Gasteiger partial charge in [0.1, 0.15) is 18.0 Å². The van der Waals surface area contributed by atoms with Gasteiger partial charge in [-0.25, -0.2) is 9.97 Å². The molecule has 6 heteroatoms. The van der Waals surface area contributed by atoms with Crippen LogP contribution >= 0.6 is 0 Å². The van der Waals surface area contributed by atoms with Crippen LogP contribution in [0.15, 0.2) is 12.4 Å². The number of amides is 1. The van der Waals surface area contributed by atoms with Crippen molar-refractivity contribution in [1.82, 2.24) is 15.3 Å². The Kier molecular flexibility index (Phi) is 6.53. The fourth-order valence-corrected chi connectivity index (χ4v) is 1.30. The van der Waals surface area contributed by atoms with Gasteiger partial charge in [-0.15, -0.1) is 0 Å². The number of carbonyl (C=O) groups is 1. The van der Waals surface area contributed by atoms with Gasteiger partial charge in [-0.05, 0) is 12.8 Å². The van der Waals surface area contributed by atoms with Gasteiger partial charge in [0.15, 0.2) is 0 Å². The SMILES string of the molecule is CCCNC(=O)CNc1cc(NCCC)ncn1. The molecule has 1 aromatic rings. The van der Waals surface area contributed by atoms with E-state index in [1.165, 1.54) is 6.33 Å². The number of nitrogens with one attached hydrogen (secondary N) is 3. The van der Waals surface area contributed by atoms with Crippen LogP contribution in [0.4, 0.5) is 11.6 Å². The van der Waals surface area contributed by atoms with E-state index in [4.69, 9.17) is 0 Å². The van der Waals surface area contributed by atoms with Gasteiger partial charge in [0, 0.05) is 19.2 Å². The van der Waals surface area contributed by atoms with E-state index in [-0.39, 0.29) is 12.5 Å². The van der Waals surface area contributed by atoms with E-state index >= 15 is 0 Å². The third-order valence-corrected chi connectivity index (χ3v) is 2.23. The van der Waals surface area contributed by atoms with Crippen LogP contribution in [0.3, 0.4) is 0 Å². The zero-order valence-electron chi connectivity index (χ0n) is 11.0. The van der Waals surface area contributed by atoms with Crippen molar-refractivity contribution >= 4 is 17.5 Å². The van der Waals surface area contributed by atoms with Gasteiger partial charge in [-0.3, -0.25) is 4.79 Å². The average Bonchev–Trinajstić information content (AvgIpc) is 2.41. The van der Waals surface area contributed by atoms with Crippen molar-refractivity contribution in [3.05, 3.63) is 12.4 Å². The number of hydrogen-bond donors (Lipinski definition) is 3. The summed E-state index contributed by atoms with van der Waals surface area (Å²) in [5.41, 5.74) is 0. The van der Waals surface area contributed by atoms with Gasteiger partial charge >= 0.3 is 0 Å². The molecule has 1 rings (SSSR count). The zero-order chi connectivity index (χ0) is 13.2. The average molecular weight is 251 g/mol. The minimum Gasteiger partial charge on any atom is -0.370 e. The molecule has 1 aromatic heterocycles. The Labute approximate surface area is 108 Å². The molecule has 0 bridgehead atoms. The van der Waals surface area contributed by atoms with Gasteiger partial charge in [-0.1, -0.05) is 13.8 Å². The smallest absolute Gasteiger partial charge is 0.239 e. The minimum absolute atomic E-state index is 0.0291. The summed E-state index contributed by atoms with van der Waals surface area (Å²) >= 11 is 0. The maximum atomic E-state index is 11.4. The molecule has 0 saturated carbocycles. The standard InChI is InChI=1S/C12H21N5O/c1-3-5-13-10-7-11(17-9-16-10)15-8-12(18)14-6-4-2/h7,9H,3-6,8H2,1-2H3,(H,14,18)(H2,13,15,16,17). The first-order valence-corrected chi connectivity index (χ1v) is 6.32. The van der Waals surface area contributed by atoms with Crippen molar-refractivity contribution in [1.29, 1.82) is 0 Å². The number of anilines is 2. The van der Waals surface area contributed by atoms with E-state index in [0.717, 1.165) is 25.2 Å². The van der Waals surface area contributed by atoms with Crippen molar-refractivity contribution in [2.45, 2.75) is 26.7 Å². The first-order chi connectivity index (χ1) is 8.76. The highest BCUT2D eigenvalue weighted by Gasteiger charge is 2.01. The maximum Gasteiger partial charge on any atom is 0.239 e. The van der Waals surface area contributed by atoms with Crippen LogP contribution in [0.2, 0.25) is 0 Å². The van der Waals surface area contributed by atoms with Crippen LogP contribution in [-0.2, 0) is 4.79 Å². The van der Waals surface area contributed by atoms with E-state index in [0.29, 0.717) is 12.4 Å². The van der Waals surface area contributed by atoms with Crippen LogP contribution in [0.5, 0.6) is 0 Å². The molecule has 0 unspecified atom stereocenters. The van der Waals surface area contributed by atoms with Crippen LogP contribution in [0.25, 0.3) is 0 Å². The summed E-state index contributed by atoms with van der Waals surface area (Å²) in [6.45, 7) is 5.90. The van der Waals surface area contributed by atoms with Crippen molar-refractivity contribution in [3.63, 3.8) is 0 Å². The van der Waals surface area contributed by atoms with Crippen molar-refractivity contribution < 1.29 is 4.79 Å². The molecular weight excluding hydrogens is 230 g/mol. The summed E-state index contributed by atoms with van der Waals surface area (Å²) < 4.78 is 0. The summed E-state index contributed by atoms with van der Waals surface area (Å²) in [5.74, 6) is 1.39. The van der Waals surface area contributed by atoms with Gasteiger partial charge in [-0.2, -0.15) is 0 Å². The fourth-order valence-electron chi connectivity index (χ4n) is 1.30. The number of aromatic nitrogens is 2. The highest BCUT2D eigenvalue weighted by atomic mass is 16.1.